The second-order valence-electron chi connectivity index (χ2n) is 6.30. The lowest BCUT2D eigenvalue weighted by atomic mass is 9.77. The smallest absolute Gasteiger partial charge is 0.0500 e. The van der Waals surface area contributed by atoms with Crippen molar-refractivity contribution in [1.82, 2.24) is 4.90 Å². The van der Waals surface area contributed by atoms with Crippen molar-refractivity contribution in [2.45, 2.75) is 32.1 Å². The Morgan fingerprint density at radius 1 is 1.37 bits per heavy atom. The SMILES string of the molecule is COCCC1(CO)CCCN(CC2CCOCC2)C1. The van der Waals surface area contributed by atoms with Gasteiger partial charge in [-0.2, -0.15) is 0 Å². The molecule has 1 unspecified atom stereocenters. The van der Waals surface area contributed by atoms with Crippen molar-refractivity contribution in [2.24, 2.45) is 11.3 Å². The highest BCUT2D eigenvalue weighted by molar-refractivity contribution is 4.87. The van der Waals surface area contributed by atoms with Crippen LogP contribution in [0.3, 0.4) is 0 Å². The van der Waals surface area contributed by atoms with Crippen LogP contribution in [0, 0.1) is 11.3 Å². The van der Waals surface area contributed by atoms with Crippen molar-refractivity contribution in [3.63, 3.8) is 0 Å². The molecule has 1 N–H and O–H groups in total. The van der Waals surface area contributed by atoms with Gasteiger partial charge in [0.2, 0.25) is 0 Å². The van der Waals surface area contributed by atoms with Gasteiger partial charge in [0.25, 0.3) is 0 Å². The van der Waals surface area contributed by atoms with Crippen LogP contribution in [0.25, 0.3) is 0 Å². The molecule has 2 heterocycles. The number of nitrogens with zero attached hydrogens (tertiary/aromatic N) is 1. The summed E-state index contributed by atoms with van der Waals surface area (Å²) in [6.45, 7) is 6.29. The zero-order valence-corrected chi connectivity index (χ0v) is 12.3. The summed E-state index contributed by atoms with van der Waals surface area (Å²) in [7, 11) is 1.74. The van der Waals surface area contributed by atoms with E-state index in [0.29, 0.717) is 6.61 Å². The molecule has 0 aromatic rings. The minimum Gasteiger partial charge on any atom is -0.396 e. The monoisotopic (exact) mass is 271 g/mol. The number of aliphatic hydroxyl groups excluding tert-OH is 1. The van der Waals surface area contributed by atoms with E-state index in [1.165, 1.54) is 32.4 Å². The Morgan fingerprint density at radius 3 is 2.84 bits per heavy atom. The van der Waals surface area contributed by atoms with Gasteiger partial charge in [-0.3, -0.25) is 0 Å². The second-order valence-corrected chi connectivity index (χ2v) is 6.30. The third-order valence-electron chi connectivity index (χ3n) is 4.77. The molecule has 0 bridgehead atoms. The van der Waals surface area contributed by atoms with Crippen LogP contribution in [-0.4, -0.2) is 63.2 Å². The standard InChI is InChI=1S/C15H29NO3/c1-18-10-6-15(13-17)5-2-7-16(12-15)11-14-3-8-19-9-4-14/h14,17H,2-13H2,1H3. The second kappa shape index (κ2) is 7.58. The van der Waals surface area contributed by atoms with E-state index in [9.17, 15) is 5.11 Å². The zero-order chi connectivity index (χ0) is 13.6. The Bertz CT molecular complexity index is 256. The summed E-state index contributed by atoms with van der Waals surface area (Å²) in [6.07, 6.45) is 5.70. The summed E-state index contributed by atoms with van der Waals surface area (Å²) in [5.74, 6) is 0.783. The van der Waals surface area contributed by atoms with Gasteiger partial charge in [-0.1, -0.05) is 0 Å². The molecule has 2 aliphatic heterocycles. The first kappa shape index (κ1) is 15.2. The fourth-order valence-corrected chi connectivity index (χ4v) is 3.49. The number of methoxy groups -OCH3 is 1. The van der Waals surface area contributed by atoms with E-state index in [0.717, 1.165) is 45.1 Å². The van der Waals surface area contributed by atoms with Crippen molar-refractivity contribution < 1.29 is 14.6 Å². The van der Waals surface area contributed by atoms with Gasteiger partial charge in [-0.15, -0.1) is 0 Å². The molecule has 0 radical (unpaired) electrons. The lowest BCUT2D eigenvalue weighted by molar-refractivity contribution is -0.00828. The van der Waals surface area contributed by atoms with E-state index >= 15 is 0 Å². The molecule has 19 heavy (non-hydrogen) atoms. The molecule has 2 saturated heterocycles. The number of aliphatic hydroxyl groups is 1. The van der Waals surface area contributed by atoms with Gasteiger partial charge in [0, 0.05) is 45.4 Å². The van der Waals surface area contributed by atoms with Gasteiger partial charge < -0.3 is 19.5 Å². The molecule has 0 saturated carbocycles. The number of ether oxygens (including phenoxy) is 2. The van der Waals surface area contributed by atoms with Crippen LogP contribution >= 0.6 is 0 Å². The molecular weight excluding hydrogens is 242 g/mol. The maximum Gasteiger partial charge on any atom is 0.0500 e. The lowest BCUT2D eigenvalue weighted by Gasteiger charge is -2.43. The Kier molecular flexibility index (Phi) is 6.07. The number of piperidine rings is 1. The predicted octanol–water partition coefficient (Wildman–Crippen LogP) is 1.52. The minimum absolute atomic E-state index is 0.0689. The molecular formula is C15H29NO3. The molecule has 2 aliphatic rings. The first-order chi connectivity index (χ1) is 9.28. The summed E-state index contributed by atoms with van der Waals surface area (Å²) >= 11 is 0. The van der Waals surface area contributed by atoms with Gasteiger partial charge >= 0.3 is 0 Å². The molecule has 112 valence electrons. The van der Waals surface area contributed by atoms with E-state index in [4.69, 9.17) is 9.47 Å². The quantitative estimate of drug-likeness (QED) is 0.795. The van der Waals surface area contributed by atoms with Gasteiger partial charge in [0.1, 0.15) is 0 Å². The zero-order valence-electron chi connectivity index (χ0n) is 12.3. The molecule has 4 heteroatoms. The van der Waals surface area contributed by atoms with E-state index in [2.05, 4.69) is 4.90 Å². The molecule has 4 nitrogen and oxygen atoms in total. The van der Waals surface area contributed by atoms with E-state index < -0.39 is 0 Å². The number of hydrogen-bond acceptors (Lipinski definition) is 4. The van der Waals surface area contributed by atoms with E-state index in [-0.39, 0.29) is 5.41 Å². The van der Waals surface area contributed by atoms with Crippen LogP contribution in [0.5, 0.6) is 0 Å². The largest absolute Gasteiger partial charge is 0.396 e. The first-order valence-corrected chi connectivity index (χ1v) is 7.68. The average Bonchev–Trinajstić information content (AvgIpc) is 2.46. The van der Waals surface area contributed by atoms with E-state index in [1.807, 2.05) is 0 Å². The first-order valence-electron chi connectivity index (χ1n) is 7.68. The van der Waals surface area contributed by atoms with Gasteiger partial charge in [0.15, 0.2) is 0 Å². The van der Waals surface area contributed by atoms with Crippen LogP contribution < -0.4 is 0 Å². The third-order valence-corrected chi connectivity index (χ3v) is 4.77. The molecule has 2 rings (SSSR count). The molecule has 0 spiro atoms. The molecule has 2 fully saturated rings. The summed E-state index contributed by atoms with van der Waals surface area (Å²) < 4.78 is 10.6. The van der Waals surface area contributed by atoms with Gasteiger partial charge in [-0.25, -0.2) is 0 Å². The average molecular weight is 271 g/mol. The number of rotatable bonds is 6. The van der Waals surface area contributed by atoms with Crippen molar-refractivity contribution in [3.8, 4) is 0 Å². The Balaban J connectivity index is 1.84. The topological polar surface area (TPSA) is 41.9 Å². The number of hydrogen-bond donors (Lipinski definition) is 1. The van der Waals surface area contributed by atoms with Crippen LogP contribution in [0.2, 0.25) is 0 Å². The highest BCUT2D eigenvalue weighted by atomic mass is 16.5. The lowest BCUT2D eigenvalue weighted by Crippen LogP contribution is -2.47. The van der Waals surface area contributed by atoms with Crippen LogP contribution in [0.1, 0.15) is 32.1 Å². The highest BCUT2D eigenvalue weighted by Gasteiger charge is 2.35. The van der Waals surface area contributed by atoms with Crippen molar-refractivity contribution in [1.29, 1.82) is 0 Å². The molecule has 0 amide bonds. The summed E-state index contributed by atoms with van der Waals surface area (Å²) in [6, 6.07) is 0. The van der Waals surface area contributed by atoms with Crippen molar-refractivity contribution >= 4 is 0 Å². The summed E-state index contributed by atoms with van der Waals surface area (Å²) in [5, 5.41) is 9.79. The van der Waals surface area contributed by atoms with Crippen molar-refractivity contribution in [2.75, 3.05) is 53.2 Å². The third kappa shape index (κ3) is 4.42. The Morgan fingerprint density at radius 2 is 2.16 bits per heavy atom. The van der Waals surface area contributed by atoms with Gasteiger partial charge in [-0.05, 0) is 44.6 Å². The molecule has 0 aromatic carbocycles. The predicted molar refractivity (Wildman–Crippen MR) is 75.2 cm³/mol. The van der Waals surface area contributed by atoms with Crippen LogP contribution in [0.4, 0.5) is 0 Å². The van der Waals surface area contributed by atoms with Crippen LogP contribution in [0.15, 0.2) is 0 Å². The van der Waals surface area contributed by atoms with Gasteiger partial charge in [0.05, 0.1) is 6.61 Å². The highest BCUT2D eigenvalue weighted by Crippen LogP contribution is 2.34. The fourth-order valence-electron chi connectivity index (χ4n) is 3.49. The summed E-state index contributed by atoms with van der Waals surface area (Å²) in [4.78, 5) is 2.56. The maximum atomic E-state index is 9.79. The van der Waals surface area contributed by atoms with E-state index in [1.54, 1.807) is 7.11 Å². The van der Waals surface area contributed by atoms with Crippen molar-refractivity contribution in [3.05, 3.63) is 0 Å². The van der Waals surface area contributed by atoms with Crippen LogP contribution in [-0.2, 0) is 9.47 Å². The Hall–Kier alpha value is -0.160. The number of likely N-dealkylation sites (tertiary alicyclic amines) is 1. The Labute approximate surface area is 117 Å². The maximum absolute atomic E-state index is 9.79. The molecule has 0 aromatic heterocycles. The minimum atomic E-state index is 0.0689. The summed E-state index contributed by atoms with van der Waals surface area (Å²) in [5.41, 5.74) is 0.0689. The fraction of sp³-hybridized carbons (Fsp3) is 1.00. The molecule has 1 atom stereocenters. The normalized spacial score (nSPS) is 30.6. The molecule has 0 aliphatic carbocycles.